The highest BCUT2D eigenvalue weighted by Crippen LogP contribution is 2.40. The number of rotatable bonds is 1. The van der Waals surface area contributed by atoms with Crippen molar-refractivity contribution >= 4 is 17.4 Å². The molecule has 3 rings (SSSR count). The number of carbonyl (C=O) groups is 1. The van der Waals surface area contributed by atoms with Gasteiger partial charge in [-0.3, -0.25) is 9.89 Å². The average molecular weight is 272 g/mol. The Hall–Kier alpha value is -2.50. The van der Waals surface area contributed by atoms with Crippen LogP contribution >= 0.6 is 0 Å². The van der Waals surface area contributed by atoms with Crippen LogP contribution < -0.4 is 15.4 Å². The molecule has 1 aromatic carbocycles. The lowest BCUT2D eigenvalue weighted by molar-refractivity contribution is -0.132. The molecule has 0 unspecified atom stereocenters. The molecule has 2 heterocycles. The summed E-state index contributed by atoms with van der Waals surface area (Å²) in [5.41, 5.74) is 7.39. The Labute approximate surface area is 116 Å². The van der Waals surface area contributed by atoms with Crippen LogP contribution in [-0.4, -0.2) is 28.8 Å². The van der Waals surface area contributed by atoms with Crippen molar-refractivity contribution in [1.82, 2.24) is 10.2 Å². The van der Waals surface area contributed by atoms with Crippen molar-refractivity contribution in [3.8, 4) is 16.9 Å². The Kier molecular flexibility index (Phi) is 2.50. The number of fused-ring (bicyclic) bond motifs is 1. The van der Waals surface area contributed by atoms with Crippen molar-refractivity contribution in [1.29, 1.82) is 0 Å². The molecule has 1 aromatic heterocycles. The van der Waals surface area contributed by atoms with E-state index >= 15 is 0 Å². The van der Waals surface area contributed by atoms with Crippen LogP contribution in [0, 0.1) is 0 Å². The van der Waals surface area contributed by atoms with Crippen LogP contribution in [0.15, 0.2) is 24.4 Å². The largest absolute Gasteiger partial charge is 0.476 e. The number of ether oxygens (including phenoxy) is 1. The molecule has 0 saturated carbocycles. The van der Waals surface area contributed by atoms with Crippen LogP contribution in [0.2, 0.25) is 0 Å². The third kappa shape index (κ3) is 1.72. The van der Waals surface area contributed by atoms with Gasteiger partial charge in [-0.15, -0.1) is 0 Å². The topological polar surface area (TPSA) is 84.2 Å². The fourth-order valence-corrected chi connectivity index (χ4v) is 2.39. The van der Waals surface area contributed by atoms with E-state index in [-0.39, 0.29) is 5.91 Å². The summed E-state index contributed by atoms with van der Waals surface area (Å²) in [6, 6.07) is 5.63. The fourth-order valence-electron chi connectivity index (χ4n) is 2.39. The van der Waals surface area contributed by atoms with Crippen LogP contribution in [0.5, 0.6) is 5.75 Å². The van der Waals surface area contributed by atoms with E-state index in [1.807, 2.05) is 18.2 Å². The van der Waals surface area contributed by atoms with Crippen LogP contribution in [-0.2, 0) is 4.79 Å². The SMILES string of the molecule is CN1C(=O)C(C)(C)Oc2ccc(-c3cn[nH]c3N)cc21. The fraction of sp³-hybridized carbons (Fsp3) is 0.286. The zero-order valence-corrected chi connectivity index (χ0v) is 11.6. The summed E-state index contributed by atoms with van der Waals surface area (Å²) in [7, 11) is 1.74. The van der Waals surface area contributed by atoms with Gasteiger partial charge in [-0.05, 0) is 31.5 Å². The summed E-state index contributed by atoms with van der Waals surface area (Å²) >= 11 is 0. The molecule has 20 heavy (non-hydrogen) atoms. The van der Waals surface area contributed by atoms with Gasteiger partial charge >= 0.3 is 0 Å². The number of amides is 1. The normalized spacial score (nSPS) is 16.8. The van der Waals surface area contributed by atoms with Crippen molar-refractivity contribution in [3.63, 3.8) is 0 Å². The van der Waals surface area contributed by atoms with Crippen molar-refractivity contribution in [2.45, 2.75) is 19.4 Å². The van der Waals surface area contributed by atoms with E-state index in [9.17, 15) is 4.79 Å². The standard InChI is InChI=1S/C14H16N4O2/c1-14(2)13(19)18(3)10-6-8(4-5-11(10)20-14)9-7-16-17-12(9)15/h4-7H,1-3H3,(H3,15,16,17). The van der Waals surface area contributed by atoms with Gasteiger partial charge in [0.15, 0.2) is 5.60 Å². The Bertz CT molecular complexity index is 690. The van der Waals surface area contributed by atoms with Gasteiger partial charge in [0.2, 0.25) is 0 Å². The summed E-state index contributed by atoms with van der Waals surface area (Å²) in [6.07, 6.45) is 1.66. The van der Waals surface area contributed by atoms with Gasteiger partial charge in [0.05, 0.1) is 11.9 Å². The number of anilines is 2. The minimum atomic E-state index is -0.849. The molecule has 3 N–H and O–H groups in total. The highest BCUT2D eigenvalue weighted by Gasteiger charge is 2.39. The number of nitrogens with zero attached hydrogens (tertiary/aromatic N) is 2. The lowest BCUT2D eigenvalue weighted by Crippen LogP contribution is -2.50. The molecule has 104 valence electrons. The number of likely N-dealkylation sites (N-methyl/N-ethyl adjacent to an activating group) is 1. The maximum atomic E-state index is 12.2. The first-order chi connectivity index (χ1) is 9.40. The molecule has 1 aliphatic heterocycles. The van der Waals surface area contributed by atoms with Gasteiger partial charge in [0.25, 0.3) is 5.91 Å². The van der Waals surface area contributed by atoms with Crippen molar-refractivity contribution < 1.29 is 9.53 Å². The van der Waals surface area contributed by atoms with E-state index in [0.29, 0.717) is 11.6 Å². The smallest absolute Gasteiger partial charge is 0.270 e. The molecule has 0 saturated heterocycles. The number of aromatic nitrogens is 2. The van der Waals surface area contributed by atoms with E-state index in [4.69, 9.17) is 10.5 Å². The molecular weight excluding hydrogens is 256 g/mol. The molecular formula is C14H16N4O2. The number of aromatic amines is 1. The number of carbonyl (C=O) groups excluding carboxylic acids is 1. The maximum absolute atomic E-state index is 12.2. The van der Waals surface area contributed by atoms with Gasteiger partial charge in [0, 0.05) is 12.6 Å². The zero-order valence-electron chi connectivity index (χ0n) is 11.6. The molecule has 0 bridgehead atoms. The van der Waals surface area contributed by atoms with Crippen LogP contribution in [0.25, 0.3) is 11.1 Å². The number of nitrogen functional groups attached to an aromatic ring is 1. The van der Waals surface area contributed by atoms with E-state index in [0.717, 1.165) is 16.8 Å². The minimum Gasteiger partial charge on any atom is -0.476 e. The number of benzene rings is 1. The van der Waals surface area contributed by atoms with Crippen molar-refractivity contribution in [2.24, 2.45) is 0 Å². The molecule has 0 fully saturated rings. The molecule has 0 radical (unpaired) electrons. The van der Waals surface area contributed by atoms with Crippen LogP contribution in [0.1, 0.15) is 13.8 Å². The minimum absolute atomic E-state index is 0.0812. The molecule has 0 aliphatic carbocycles. The van der Waals surface area contributed by atoms with Gasteiger partial charge in [0.1, 0.15) is 11.6 Å². The molecule has 0 atom stereocenters. The quantitative estimate of drug-likeness (QED) is 0.829. The third-order valence-electron chi connectivity index (χ3n) is 3.48. The molecule has 1 amide bonds. The second kappa shape index (κ2) is 4.00. The van der Waals surface area contributed by atoms with Gasteiger partial charge in [-0.1, -0.05) is 6.07 Å². The summed E-state index contributed by atoms with van der Waals surface area (Å²) in [5, 5.41) is 6.60. The highest BCUT2D eigenvalue weighted by atomic mass is 16.5. The molecule has 6 heteroatoms. The van der Waals surface area contributed by atoms with E-state index in [1.165, 1.54) is 0 Å². The lowest BCUT2D eigenvalue weighted by Gasteiger charge is -2.37. The Morgan fingerprint density at radius 1 is 1.40 bits per heavy atom. The lowest BCUT2D eigenvalue weighted by atomic mass is 10.0. The van der Waals surface area contributed by atoms with Gasteiger partial charge < -0.3 is 15.4 Å². The zero-order chi connectivity index (χ0) is 14.5. The first-order valence-corrected chi connectivity index (χ1v) is 6.30. The Morgan fingerprint density at radius 3 is 2.80 bits per heavy atom. The molecule has 1 aliphatic rings. The second-order valence-electron chi connectivity index (χ2n) is 5.36. The van der Waals surface area contributed by atoms with Crippen LogP contribution in [0.3, 0.4) is 0 Å². The molecule has 0 spiro atoms. The summed E-state index contributed by atoms with van der Waals surface area (Å²) < 4.78 is 5.76. The monoisotopic (exact) mass is 272 g/mol. The predicted octanol–water partition coefficient (Wildman–Crippen LogP) is 1.79. The number of nitrogens with one attached hydrogen (secondary N) is 1. The van der Waals surface area contributed by atoms with Crippen molar-refractivity contribution in [2.75, 3.05) is 17.7 Å². The second-order valence-corrected chi connectivity index (χ2v) is 5.36. The molecule has 6 nitrogen and oxygen atoms in total. The predicted molar refractivity (Wildman–Crippen MR) is 76.6 cm³/mol. The number of hydrogen-bond donors (Lipinski definition) is 2. The van der Waals surface area contributed by atoms with E-state index < -0.39 is 5.60 Å². The Morgan fingerprint density at radius 2 is 2.15 bits per heavy atom. The van der Waals surface area contributed by atoms with Crippen molar-refractivity contribution in [3.05, 3.63) is 24.4 Å². The summed E-state index contributed by atoms with van der Waals surface area (Å²) in [6.45, 7) is 3.52. The average Bonchev–Trinajstić information content (AvgIpc) is 2.82. The number of H-pyrrole nitrogens is 1. The number of hydrogen-bond acceptors (Lipinski definition) is 4. The summed E-state index contributed by atoms with van der Waals surface area (Å²) in [5.74, 6) is 1.10. The van der Waals surface area contributed by atoms with Crippen LogP contribution in [0.4, 0.5) is 11.5 Å². The first kappa shape index (κ1) is 12.5. The Balaban J connectivity index is 2.11. The van der Waals surface area contributed by atoms with E-state index in [2.05, 4.69) is 10.2 Å². The van der Waals surface area contributed by atoms with Gasteiger partial charge in [-0.25, -0.2) is 0 Å². The van der Waals surface area contributed by atoms with E-state index in [1.54, 1.807) is 32.0 Å². The molecule has 2 aromatic rings. The number of nitrogens with two attached hydrogens (primary N) is 1. The highest BCUT2D eigenvalue weighted by molar-refractivity contribution is 6.02. The summed E-state index contributed by atoms with van der Waals surface area (Å²) in [4.78, 5) is 13.8. The van der Waals surface area contributed by atoms with Gasteiger partial charge in [-0.2, -0.15) is 5.10 Å². The third-order valence-corrected chi connectivity index (χ3v) is 3.48. The maximum Gasteiger partial charge on any atom is 0.270 e. The first-order valence-electron chi connectivity index (χ1n) is 6.30.